The molecule has 4 rings (SSSR count). The van der Waals surface area contributed by atoms with Gasteiger partial charge in [0.25, 0.3) is 0 Å². The lowest BCUT2D eigenvalue weighted by Gasteiger charge is -2.54. The molecular weight excluding hydrogens is 216 g/mol. The van der Waals surface area contributed by atoms with Crippen LogP contribution in [-0.4, -0.2) is 0 Å². The Morgan fingerprint density at radius 1 is 0.444 bits per heavy atom. The lowest BCUT2D eigenvalue weighted by Crippen LogP contribution is -2.46. The van der Waals surface area contributed by atoms with E-state index >= 15 is 0 Å². The third-order valence-electron chi connectivity index (χ3n) is 7.22. The molecule has 0 saturated heterocycles. The summed E-state index contributed by atoms with van der Waals surface area (Å²) in [5.74, 6) is 6.98. The molecule has 0 bridgehead atoms. The van der Waals surface area contributed by atoms with E-state index in [2.05, 4.69) is 0 Å². The van der Waals surface area contributed by atoms with E-state index in [1.807, 2.05) is 0 Å². The van der Waals surface area contributed by atoms with Crippen LogP contribution in [0.3, 0.4) is 0 Å². The topological polar surface area (TPSA) is 0 Å². The van der Waals surface area contributed by atoms with E-state index in [1.165, 1.54) is 17.8 Å². The maximum absolute atomic E-state index is 1.64. The SMILES string of the molecule is C1CCC2C(C1)CC1CCCCC3CCCC2C31. The van der Waals surface area contributed by atoms with E-state index in [9.17, 15) is 0 Å². The summed E-state index contributed by atoms with van der Waals surface area (Å²) in [5.41, 5.74) is 0. The highest BCUT2D eigenvalue weighted by Crippen LogP contribution is 2.58. The minimum absolute atomic E-state index is 1.15. The first kappa shape index (κ1) is 11.8. The molecule has 0 aromatic heterocycles. The predicted octanol–water partition coefficient (Wildman–Crippen LogP) is 5.42. The van der Waals surface area contributed by atoms with Crippen LogP contribution in [0.2, 0.25) is 0 Å². The standard InChI is InChI=1S/C18H30/c1-2-8-15-12-14-7-3-4-10-16(14)17-11-5-9-13(6-1)18(15)17/h13-18H,1-12H2. The zero-order valence-corrected chi connectivity index (χ0v) is 11.9. The molecule has 0 heteroatoms. The molecule has 18 heavy (non-hydrogen) atoms. The first-order chi connectivity index (χ1) is 8.93. The van der Waals surface area contributed by atoms with Crippen LogP contribution >= 0.6 is 0 Å². The monoisotopic (exact) mass is 246 g/mol. The molecule has 0 N–H and O–H groups in total. The van der Waals surface area contributed by atoms with Gasteiger partial charge in [0.2, 0.25) is 0 Å². The quantitative estimate of drug-likeness (QED) is 0.535. The van der Waals surface area contributed by atoms with Crippen LogP contribution in [0.5, 0.6) is 0 Å². The van der Waals surface area contributed by atoms with E-state index in [0.29, 0.717) is 0 Å². The summed E-state index contributed by atoms with van der Waals surface area (Å²) >= 11 is 0. The summed E-state index contributed by atoms with van der Waals surface area (Å²) in [6.45, 7) is 0. The Balaban J connectivity index is 1.63. The first-order valence-electron chi connectivity index (χ1n) is 8.93. The molecular formula is C18H30. The van der Waals surface area contributed by atoms with E-state index in [0.717, 1.165) is 17.8 Å². The van der Waals surface area contributed by atoms with Gasteiger partial charge in [-0.2, -0.15) is 0 Å². The van der Waals surface area contributed by atoms with Crippen LogP contribution in [0.25, 0.3) is 0 Å². The molecule has 4 saturated carbocycles. The maximum Gasteiger partial charge on any atom is -0.0326 e. The molecule has 0 amide bonds. The maximum atomic E-state index is 1.64. The summed E-state index contributed by atoms with van der Waals surface area (Å²) in [5, 5.41) is 0. The smallest absolute Gasteiger partial charge is 0.0326 e. The molecule has 0 aromatic rings. The lowest BCUT2D eigenvalue weighted by molar-refractivity contribution is -0.0427. The van der Waals surface area contributed by atoms with Gasteiger partial charge >= 0.3 is 0 Å². The van der Waals surface area contributed by atoms with E-state index in [4.69, 9.17) is 0 Å². The van der Waals surface area contributed by atoms with Crippen molar-refractivity contribution >= 4 is 0 Å². The van der Waals surface area contributed by atoms with Crippen molar-refractivity contribution in [3.63, 3.8) is 0 Å². The van der Waals surface area contributed by atoms with Crippen molar-refractivity contribution in [3.05, 3.63) is 0 Å². The highest BCUT2D eigenvalue weighted by molar-refractivity contribution is 4.98. The molecule has 0 aliphatic heterocycles. The number of fused-ring (bicyclic) bond motifs is 2. The fourth-order valence-corrected chi connectivity index (χ4v) is 6.68. The number of hydrogen-bond donors (Lipinski definition) is 0. The van der Waals surface area contributed by atoms with Gasteiger partial charge in [0.15, 0.2) is 0 Å². The Bertz CT molecular complexity index is 294. The van der Waals surface area contributed by atoms with E-state index in [1.54, 1.807) is 77.0 Å². The average Bonchev–Trinajstić information content (AvgIpc) is 2.63. The average molecular weight is 246 g/mol. The molecule has 0 aromatic carbocycles. The summed E-state index contributed by atoms with van der Waals surface area (Å²) in [6, 6.07) is 0. The minimum Gasteiger partial charge on any atom is -0.0530 e. The van der Waals surface area contributed by atoms with Crippen molar-refractivity contribution in [1.29, 1.82) is 0 Å². The Kier molecular flexibility index (Phi) is 3.17. The van der Waals surface area contributed by atoms with Crippen molar-refractivity contribution in [3.8, 4) is 0 Å². The van der Waals surface area contributed by atoms with Gasteiger partial charge in [0.1, 0.15) is 0 Å². The minimum atomic E-state index is 1.15. The second kappa shape index (κ2) is 4.84. The van der Waals surface area contributed by atoms with Crippen LogP contribution < -0.4 is 0 Å². The van der Waals surface area contributed by atoms with Gasteiger partial charge in [0, 0.05) is 0 Å². The van der Waals surface area contributed by atoms with E-state index < -0.39 is 0 Å². The summed E-state index contributed by atoms with van der Waals surface area (Å²) in [4.78, 5) is 0. The van der Waals surface area contributed by atoms with Gasteiger partial charge in [-0.15, -0.1) is 0 Å². The molecule has 4 fully saturated rings. The molecule has 6 atom stereocenters. The fourth-order valence-electron chi connectivity index (χ4n) is 6.68. The highest BCUT2D eigenvalue weighted by Gasteiger charge is 2.49. The zero-order valence-electron chi connectivity index (χ0n) is 11.9. The van der Waals surface area contributed by atoms with Crippen LogP contribution in [0.15, 0.2) is 0 Å². The summed E-state index contributed by atoms with van der Waals surface area (Å²) in [6.07, 6.45) is 19.0. The second-order valence-electron chi connectivity index (χ2n) is 7.92. The van der Waals surface area contributed by atoms with Crippen molar-refractivity contribution in [2.24, 2.45) is 35.5 Å². The lowest BCUT2D eigenvalue weighted by atomic mass is 9.51. The van der Waals surface area contributed by atoms with Gasteiger partial charge in [-0.3, -0.25) is 0 Å². The van der Waals surface area contributed by atoms with Crippen molar-refractivity contribution in [2.45, 2.75) is 77.0 Å². The second-order valence-corrected chi connectivity index (χ2v) is 7.92. The molecule has 6 unspecified atom stereocenters. The highest BCUT2D eigenvalue weighted by atomic mass is 14.5. The Labute approximate surface area is 113 Å². The molecule has 0 spiro atoms. The van der Waals surface area contributed by atoms with Crippen molar-refractivity contribution in [2.75, 3.05) is 0 Å². The van der Waals surface area contributed by atoms with Gasteiger partial charge in [-0.05, 0) is 54.8 Å². The zero-order chi connectivity index (χ0) is 11.9. The first-order valence-corrected chi connectivity index (χ1v) is 8.93. The van der Waals surface area contributed by atoms with Crippen molar-refractivity contribution < 1.29 is 0 Å². The van der Waals surface area contributed by atoms with Gasteiger partial charge in [0.05, 0.1) is 0 Å². The molecule has 0 heterocycles. The molecule has 0 nitrogen and oxygen atoms in total. The normalized spacial score (nSPS) is 52.0. The molecule has 0 radical (unpaired) electrons. The van der Waals surface area contributed by atoms with Crippen LogP contribution in [0.1, 0.15) is 77.0 Å². The van der Waals surface area contributed by atoms with Crippen molar-refractivity contribution in [1.82, 2.24) is 0 Å². The van der Waals surface area contributed by atoms with Gasteiger partial charge in [-0.25, -0.2) is 0 Å². The van der Waals surface area contributed by atoms with E-state index in [-0.39, 0.29) is 0 Å². The van der Waals surface area contributed by atoms with Crippen LogP contribution in [0, 0.1) is 35.5 Å². The number of rotatable bonds is 0. The largest absolute Gasteiger partial charge is 0.0530 e. The van der Waals surface area contributed by atoms with Crippen LogP contribution in [-0.2, 0) is 0 Å². The third kappa shape index (κ3) is 1.86. The Morgan fingerprint density at radius 3 is 1.94 bits per heavy atom. The van der Waals surface area contributed by atoms with Crippen LogP contribution in [0.4, 0.5) is 0 Å². The van der Waals surface area contributed by atoms with Gasteiger partial charge in [-0.1, -0.05) is 57.8 Å². The van der Waals surface area contributed by atoms with Gasteiger partial charge < -0.3 is 0 Å². The summed E-state index contributed by atoms with van der Waals surface area (Å²) < 4.78 is 0. The Morgan fingerprint density at radius 2 is 1.06 bits per heavy atom. The molecule has 4 aliphatic carbocycles. The molecule has 4 aliphatic rings. The summed E-state index contributed by atoms with van der Waals surface area (Å²) in [7, 11) is 0. The fraction of sp³-hybridized carbons (Fsp3) is 1.00. The predicted molar refractivity (Wildman–Crippen MR) is 76.3 cm³/mol. The Hall–Kier alpha value is 0. The number of hydrogen-bond acceptors (Lipinski definition) is 0. The molecule has 102 valence electrons. The third-order valence-corrected chi connectivity index (χ3v) is 7.22.